The summed E-state index contributed by atoms with van der Waals surface area (Å²) in [7, 11) is 0. The molecule has 0 spiro atoms. The highest BCUT2D eigenvalue weighted by atomic mass is 16.6. The summed E-state index contributed by atoms with van der Waals surface area (Å²) < 4.78 is 14.2. The quantitative estimate of drug-likeness (QED) is 0.356. The number of nitrogens with one attached hydrogen (secondary N) is 1. The van der Waals surface area contributed by atoms with Crippen LogP contribution >= 0.6 is 0 Å². The first-order valence-corrected chi connectivity index (χ1v) is 12.7. The number of alkyl carbamates (subject to hydrolysis) is 1. The number of benzene rings is 1. The minimum atomic E-state index is -0.956. The van der Waals surface area contributed by atoms with E-state index in [2.05, 4.69) is 44.2 Å². The minimum Gasteiger partial charge on any atom is -0.457 e. The van der Waals surface area contributed by atoms with Crippen LogP contribution in [0.1, 0.15) is 29.8 Å². The molecule has 2 heterocycles. The molecule has 2 aromatic heterocycles. The molecule has 5 rings (SSSR count). The number of aromatic nitrogens is 6. The number of amides is 1. The van der Waals surface area contributed by atoms with Crippen molar-refractivity contribution in [2.75, 3.05) is 0 Å². The van der Waals surface area contributed by atoms with Crippen LogP contribution in [-0.4, -0.2) is 48.1 Å². The highest BCUT2D eigenvalue weighted by Gasteiger charge is 2.24. The molecule has 1 amide bonds. The highest BCUT2D eigenvalue weighted by molar-refractivity contribution is 5.81. The lowest BCUT2D eigenvalue weighted by atomic mass is 10.1. The van der Waals surface area contributed by atoms with Gasteiger partial charge in [0.2, 0.25) is 0 Å². The van der Waals surface area contributed by atoms with Crippen LogP contribution in [0.5, 0.6) is 0 Å². The number of carbonyl (C=O) groups is 2. The molecule has 0 radical (unpaired) electrons. The Bertz CT molecular complexity index is 1420. The average Bonchev–Trinajstić information content (AvgIpc) is 3.77. The largest absolute Gasteiger partial charge is 0.457 e. The van der Waals surface area contributed by atoms with E-state index in [-0.39, 0.29) is 19.6 Å². The fraction of sp³-hybridized carbons (Fsp3) is 0.286. The Morgan fingerprint density at radius 3 is 2.00 bits per heavy atom. The Labute approximate surface area is 225 Å². The van der Waals surface area contributed by atoms with Gasteiger partial charge in [-0.25, -0.2) is 19.0 Å². The molecular weight excluding hydrogens is 498 g/mol. The van der Waals surface area contributed by atoms with Crippen molar-refractivity contribution in [3.8, 4) is 0 Å². The monoisotopic (exact) mass is 527 g/mol. The fourth-order valence-corrected chi connectivity index (χ4v) is 4.21. The van der Waals surface area contributed by atoms with Gasteiger partial charge in [-0.1, -0.05) is 77.2 Å². The first kappa shape index (κ1) is 25.8. The van der Waals surface area contributed by atoms with Gasteiger partial charge in [-0.3, -0.25) is 0 Å². The Morgan fingerprint density at radius 2 is 1.44 bits per heavy atom. The molecule has 3 aromatic rings. The Balaban J connectivity index is 1.14. The number of hydrogen-bond donors (Lipinski definition) is 1. The van der Waals surface area contributed by atoms with Gasteiger partial charge < -0.3 is 14.8 Å². The molecule has 11 heteroatoms. The second kappa shape index (κ2) is 12.6. The Morgan fingerprint density at radius 1 is 0.846 bits per heavy atom. The molecule has 200 valence electrons. The van der Waals surface area contributed by atoms with Crippen molar-refractivity contribution in [3.63, 3.8) is 0 Å². The maximum Gasteiger partial charge on any atom is 0.408 e. The van der Waals surface area contributed by atoms with E-state index in [9.17, 15) is 9.59 Å². The number of nitrogens with zero attached hydrogens (tertiary/aromatic N) is 6. The van der Waals surface area contributed by atoms with Crippen LogP contribution in [0.3, 0.4) is 0 Å². The van der Waals surface area contributed by atoms with Gasteiger partial charge >= 0.3 is 12.1 Å². The smallest absolute Gasteiger partial charge is 0.408 e. The van der Waals surface area contributed by atoms with Gasteiger partial charge in [0.15, 0.2) is 0 Å². The van der Waals surface area contributed by atoms with Crippen LogP contribution in [0.25, 0.3) is 0 Å². The minimum absolute atomic E-state index is 0.0623. The van der Waals surface area contributed by atoms with E-state index in [0.29, 0.717) is 24.5 Å². The van der Waals surface area contributed by atoms with Gasteiger partial charge in [0, 0.05) is 6.42 Å². The second-order valence-electron chi connectivity index (χ2n) is 9.30. The summed E-state index contributed by atoms with van der Waals surface area (Å²) in [6, 6.07) is 8.40. The van der Waals surface area contributed by atoms with E-state index in [0.717, 1.165) is 18.4 Å². The molecule has 0 fully saturated rings. The summed E-state index contributed by atoms with van der Waals surface area (Å²) in [5.41, 5.74) is 4.33. The number of allylic oxidation sites excluding steroid dienone is 8. The van der Waals surface area contributed by atoms with E-state index < -0.39 is 18.1 Å². The predicted molar refractivity (Wildman–Crippen MR) is 141 cm³/mol. The summed E-state index contributed by atoms with van der Waals surface area (Å²) in [5.74, 6) is -0.600. The van der Waals surface area contributed by atoms with Crippen LogP contribution < -0.4 is 5.32 Å². The van der Waals surface area contributed by atoms with Crippen LogP contribution in [0.15, 0.2) is 90.3 Å². The van der Waals surface area contributed by atoms with Crippen molar-refractivity contribution >= 4 is 12.1 Å². The SMILES string of the molecule is O=C(N[C@@H](Cc1ccccc1)C(=O)OCc1cn(CC2=CC=CC2)nn1)OCc1cn(CC2=CC=CC2)nn1. The number of rotatable bonds is 12. The summed E-state index contributed by atoms with van der Waals surface area (Å²) in [4.78, 5) is 25.6. The lowest BCUT2D eigenvalue weighted by Crippen LogP contribution is -2.43. The molecule has 2 aliphatic rings. The zero-order chi connectivity index (χ0) is 26.9. The lowest BCUT2D eigenvalue weighted by molar-refractivity contribution is -0.147. The van der Waals surface area contributed by atoms with Crippen LogP contribution in [0.4, 0.5) is 4.79 Å². The van der Waals surface area contributed by atoms with Crippen molar-refractivity contribution < 1.29 is 19.1 Å². The number of ether oxygens (including phenoxy) is 2. The third-order valence-electron chi connectivity index (χ3n) is 6.17. The van der Waals surface area contributed by atoms with Crippen molar-refractivity contribution in [2.24, 2.45) is 0 Å². The fourth-order valence-electron chi connectivity index (χ4n) is 4.21. The Hall–Kier alpha value is -4.80. The molecule has 1 atom stereocenters. The van der Waals surface area contributed by atoms with Crippen molar-refractivity contribution in [1.29, 1.82) is 0 Å². The second-order valence-corrected chi connectivity index (χ2v) is 9.30. The highest BCUT2D eigenvalue weighted by Crippen LogP contribution is 2.14. The van der Waals surface area contributed by atoms with Gasteiger partial charge in [-0.05, 0) is 29.6 Å². The first-order chi connectivity index (χ1) is 19.1. The predicted octanol–water partition coefficient (Wildman–Crippen LogP) is 3.22. The van der Waals surface area contributed by atoms with Gasteiger partial charge in [0.25, 0.3) is 0 Å². The van der Waals surface area contributed by atoms with Crippen LogP contribution in [-0.2, 0) is 47.0 Å². The topological polar surface area (TPSA) is 126 Å². The van der Waals surface area contributed by atoms with E-state index in [1.165, 1.54) is 11.1 Å². The lowest BCUT2D eigenvalue weighted by Gasteiger charge is -2.17. The molecule has 39 heavy (non-hydrogen) atoms. The van der Waals surface area contributed by atoms with Crippen molar-refractivity contribution in [3.05, 3.63) is 107 Å². The summed E-state index contributed by atoms with van der Waals surface area (Å²) in [6.07, 6.45) is 17.0. The third kappa shape index (κ3) is 7.60. The van der Waals surface area contributed by atoms with Gasteiger partial charge in [0.05, 0.1) is 25.5 Å². The maximum atomic E-state index is 13.0. The van der Waals surface area contributed by atoms with E-state index in [4.69, 9.17) is 9.47 Å². The zero-order valence-electron chi connectivity index (χ0n) is 21.3. The molecule has 0 aliphatic heterocycles. The maximum absolute atomic E-state index is 13.0. The molecule has 1 aromatic carbocycles. The van der Waals surface area contributed by atoms with E-state index in [1.54, 1.807) is 21.8 Å². The van der Waals surface area contributed by atoms with E-state index in [1.807, 2.05) is 48.6 Å². The molecule has 2 aliphatic carbocycles. The first-order valence-electron chi connectivity index (χ1n) is 12.7. The average molecular weight is 528 g/mol. The molecule has 0 saturated heterocycles. The summed E-state index contributed by atoms with van der Waals surface area (Å²) >= 11 is 0. The number of carbonyl (C=O) groups excluding carboxylic acids is 2. The standard InChI is InChI=1S/C28H29N7O4/c36-27(38-19-24-17-34(32-30-24)15-22-10-4-5-11-22)26(14-21-8-2-1-3-9-21)29-28(37)39-20-25-18-35(33-31-25)16-23-12-6-7-13-23/h1-10,12,17-18,26H,11,13-16,19-20H2,(H,29,37)/t26-/m0/s1. The molecule has 1 N–H and O–H groups in total. The van der Waals surface area contributed by atoms with Gasteiger partial charge in [-0.15, -0.1) is 10.2 Å². The molecular formula is C28H29N7O4. The Kier molecular flexibility index (Phi) is 8.37. The molecule has 0 bridgehead atoms. The normalized spacial score (nSPS) is 14.7. The third-order valence-corrected chi connectivity index (χ3v) is 6.17. The zero-order valence-corrected chi connectivity index (χ0v) is 21.3. The summed E-state index contributed by atoms with van der Waals surface area (Å²) in [6.45, 7) is 1.11. The summed E-state index contributed by atoms with van der Waals surface area (Å²) in [5, 5.41) is 18.9. The molecule has 0 unspecified atom stereocenters. The van der Waals surface area contributed by atoms with Crippen molar-refractivity contribution in [2.45, 2.75) is 51.6 Å². The van der Waals surface area contributed by atoms with Crippen LogP contribution in [0.2, 0.25) is 0 Å². The number of hydrogen-bond acceptors (Lipinski definition) is 8. The van der Waals surface area contributed by atoms with Crippen molar-refractivity contribution in [1.82, 2.24) is 35.3 Å². The van der Waals surface area contributed by atoms with Crippen LogP contribution in [0, 0.1) is 0 Å². The van der Waals surface area contributed by atoms with E-state index >= 15 is 0 Å². The van der Waals surface area contributed by atoms with Gasteiger partial charge in [-0.2, -0.15) is 0 Å². The molecule has 11 nitrogen and oxygen atoms in total. The molecule has 0 saturated carbocycles. The van der Waals surface area contributed by atoms with Gasteiger partial charge in [0.1, 0.15) is 30.6 Å². The number of esters is 1.